The van der Waals surface area contributed by atoms with E-state index >= 15 is 0 Å². The summed E-state index contributed by atoms with van der Waals surface area (Å²) in [6, 6.07) is 14.1. The average Bonchev–Trinajstić information content (AvgIpc) is 3.03. The standard InChI is InChI=1S/C17H18N4/c1-13-4-5-14(12-18)17(19-13)20-15-6-8-16(9-7-15)21-10-2-3-11-21/h4-9H,2-3,10-11H2,1H3,(H,19,20). The van der Waals surface area contributed by atoms with Gasteiger partial charge in [-0.05, 0) is 56.2 Å². The molecule has 1 N–H and O–H groups in total. The number of pyridine rings is 1. The minimum atomic E-state index is 0.559. The number of anilines is 3. The van der Waals surface area contributed by atoms with Gasteiger partial charge in [-0.3, -0.25) is 0 Å². The topological polar surface area (TPSA) is 52.0 Å². The van der Waals surface area contributed by atoms with E-state index in [-0.39, 0.29) is 0 Å². The zero-order valence-electron chi connectivity index (χ0n) is 12.1. The molecule has 21 heavy (non-hydrogen) atoms. The summed E-state index contributed by atoms with van der Waals surface area (Å²) in [5, 5.41) is 12.4. The number of nitriles is 1. The second-order valence-corrected chi connectivity index (χ2v) is 5.33. The van der Waals surface area contributed by atoms with Crippen LogP contribution in [0.15, 0.2) is 36.4 Å². The number of rotatable bonds is 3. The van der Waals surface area contributed by atoms with E-state index in [0.717, 1.165) is 24.5 Å². The van der Waals surface area contributed by atoms with Gasteiger partial charge in [-0.2, -0.15) is 5.26 Å². The van der Waals surface area contributed by atoms with E-state index in [0.29, 0.717) is 11.4 Å². The van der Waals surface area contributed by atoms with Crippen LogP contribution in [0.1, 0.15) is 24.1 Å². The highest BCUT2D eigenvalue weighted by Crippen LogP contribution is 2.24. The zero-order valence-corrected chi connectivity index (χ0v) is 12.1. The molecule has 0 radical (unpaired) electrons. The molecule has 4 nitrogen and oxygen atoms in total. The maximum atomic E-state index is 9.14. The molecule has 0 saturated carbocycles. The Balaban J connectivity index is 1.79. The Morgan fingerprint density at radius 2 is 1.81 bits per heavy atom. The summed E-state index contributed by atoms with van der Waals surface area (Å²) in [5.41, 5.74) is 3.66. The summed E-state index contributed by atoms with van der Waals surface area (Å²) < 4.78 is 0. The lowest BCUT2D eigenvalue weighted by Gasteiger charge is -2.18. The van der Waals surface area contributed by atoms with Crippen LogP contribution in [-0.2, 0) is 0 Å². The molecule has 1 aromatic heterocycles. The van der Waals surface area contributed by atoms with E-state index in [1.807, 2.05) is 25.1 Å². The van der Waals surface area contributed by atoms with E-state index in [1.165, 1.54) is 18.5 Å². The lowest BCUT2D eigenvalue weighted by Crippen LogP contribution is -2.17. The average molecular weight is 278 g/mol. The summed E-state index contributed by atoms with van der Waals surface area (Å²) in [6.45, 7) is 4.21. The van der Waals surface area contributed by atoms with Crippen molar-refractivity contribution in [3.8, 4) is 6.07 Å². The molecule has 1 aromatic carbocycles. The maximum absolute atomic E-state index is 9.14. The van der Waals surface area contributed by atoms with Gasteiger partial charge in [-0.1, -0.05) is 0 Å². The molecular formula is C17H18N4. The van der Waals surface area contributed by atoms with Crippen molar-refractivity contribution < 1.29 is 0 Å². The molecule has 1 fully saturated rings. The summed E-state index contributed by atoms with van der Waals surface area (Å²) in [5.74, 6) is 0.617. The SMILES string of the molecule is Cc1ccc(C#N)c(Nc2ccc(N3CCCC3)cc2)n1. The highest BCUT2D eigenvalue weighted by Gasteiger charge is 2.12. The van der Waals surface area contributed by atoms with Crippen LogP contribution in [0, 0.1) is 18.3 Å². The molecule has 2 aromatic rings. The molecule has 106 valence electrons. The van der Waals surface area contributed by atoms with Gasteiger partial charge in [0.15, 0.2) is 0 Å². The number of hydrogen-bond donors (Lipinski definition) is 1. The van der Waals surface area contributed by atoms with Gasteiger partial charge in [0.25, 0.3) is 0 Å². The van der Waals surface area contributed by atoms with Gasteiger partial charge in [0, 0.05) is 30.2 Å². The first-order chi connectivity index (χ1) is 10.3. The Hall–Kier alpha value is -2.54. The Labute approximate surface area is 125 Å². The van der Waals surface area contributed by atoms with Gasteiger partial charge in [0.05, 0.1) is 5.56 Å². The predicted molar refractivity (Wildman–Crippen MR) is 84.9 cm³/mol. The van der Waals surface area contributed by atoms with Crippen molar-refractivity contribution in [2.45, 2.75) is 19.8 Å². The molecule has 1 saturated heterocycles. The molecule has 4 heteroatoms. The van der Waals surface area contributed by atoms with E-state index in [9.17, 15) is 0 Å². The van der Waals surface area contributed by atoms with Crippen molar-refractivity contribution in [1.82, 2.24) is 4.98 Å². The molecule has 0 unspecified atom stereocenters. The van der Waals surface area contributed by atoms with E-state index in [4.69, 9.17) is 5.26 Å². The van der Waals surface area contributed by atoms with Crippen molar-refractivity contribution in [3.05, 3.63) is 47.7 Å². The number of benzene rings is 1. The largest absolute Gasteiger partial charge is 0.372 e. The third-order valence-electron chi connectivity index (χ3n) is 3.76. The van der Waals surface area contributed by atoms with Gasteiger partial charge in [0.2, 0.25) is 0 Å². The molecule has 3 rings (SSSR count). The highest BCUT2D eigenvalue weighted by atomic mass is 15.1. The van der Waals surface area contributed by atoms with E-state index in [2.05, 4.69) is 33.4 Å². The smallest absolute Gasteiger partial charge is 0.148 e. The second kappa shape index (κ2) is 5.84. The van der Waals surface area contributed by atoms with E-state index < -0.39 is 0 Å². The normalized spacial score (nSPS) is 14.0. The van der Waals surface area contributed by atoms with Crippen molar-refractivity contribution in [3.63, 3.8) is 0 Å². The Kier molecular flexibility index (Phi) is 3.74. The molecule has 0 atom stereocenters. The van der Waals surface area contributed by atoms with Gasteiger partial charge >= 0.3 is 0 Å². The molecule has 2 heterocycles. The molecule has 1 aliphatic rings. The monoisotopic (exact) mass is 278 g/mol. The van der Waals surface area contributed by atoms with Crippen LogP contribution in [-0.4, -0.2) is 18.1 Å². The minimum Gasteiger partial charge on any atom is -0.372 e. The number of hydrogen-bond acceptors (Lipinski definition) is 4. The lowest BCUT2D eigenvalue weighted by atomic mass is 10.2. The molecule has 0 amide bonds. The lowest BCUT2D eigenvalue weighted by molar-refractivity contribution is 0.949. The zero-order chi connectivity index (χ0) is 14.7. The van der Waals surface area contributed by atoms with Crippen molar-refractivity contribution in [2.24, 2.45) is 0 Å². The fourth-order valence-electron chi connectivity index (χ4n) is 2.61. The predicted octanol–water partition coefficient (Wildman–Crippen LogP) is 3.61. The Bertz CT molecular complexity index is 664. The van der Waals surface area contributed by atoms with Gasteiger partial charge in [-0.25, -0.2) is 4.98 Å². The fraction of sp³-hybridized carbons (Fsp3) is 0.294. The molecular weight excluding hydrogens is 260 g/mol. The summed E-state index contributed by atoms with van der Waals surface area (Å²) in [7, 11) is 0. The third-order valence-corrected chi connectivity index (χ3v) is 3.76. The number of aryl methyl sites for hydroxylation is 1. The van der Waals surface area contributed by atoms with Crippen LogP contribution in [0.4, 0.5) is 17.2 Å². The quantitative estimate of drug-likeness (QED) is 0.932. The van der Waals surface area contributed by atoms with Crippen LogP contribution in [0.5, 0.6) is 0 Å². The Morgan fingerprint density at radius 3 is 2.48 bits per heavy atom. The summed E-state index contributed by atoms with van der Waals surface area (Å²) in [4.78, 5) is 6.79. The van der Waals surface area contributed by atoms with E-state index in [1.54, 1.807) is 6.07 Å². The second-order valence-electron chi connectivity index (χ2n) is 5.33. The molecule has 0 spiro atoms. The minimum absolute atomic E-state index is 0.559. The number of nitrogens with one attached hydrogen (secondary N) is 1. The van der Waals surface area contributed by atoms with Crippen molar-refractivity contribution in [2.75, 3.05) is 23.3 Å². The third kappa shape index (κ3) is 2.97. The molecule has 1 aliphatic heterocycles. The van der Waals surface area contributed by atoms with Crippen LogP contribution in [0.3, 0.4) is 0 Å². The van der Waals surface area contributed by atoms with Crippen LogP contribution in [0.2, 0.25) is 0 Å². The van der Waals surface area contributed by atoms with Crippen LogP contribution in [0.25, 0.3) is 0 Å². The summed E-state index contributed by atoms with van der Waals surface area (Å²) in [6.07, 6.45) is 2.55. The Morgan fingerprint density at radius 1 is 1.10 bits per heavy atom. The number of nitrogens with zero attached hydrogens (tertiary/aromatic N) is 3. The summed E-state index contributed by atoms with van der Waals surface area (Å²) >= 11 is 0. The number of aromatic nitrogens is 1. The highest BCUT2D eigenvalue weighted by molar-refractivity contribution is 5.65. The molecule has 0 aliphatic carbocycles. The first kappa shape index (κ1) is 13.4. The molecule has 0 bridgehead atoms. The van der Waals surface area contributed by atoms with Crippen LogP contribution >= 0.6 is 0 Å². The fourth-order valence-corrected chi connectivity index (χ4v) is 2.61. The maximum Gasteiger partial charge on any atom is 0.148 e. The van der Waals surface area contributed by atoms with Crippen molar-refractivity contribution >= 4 is 17.2 Å². The van der Waals surface area contributed by atoms with Gasteiger partial charge in [-0.15, -0.1) is 0 Å². The van der Waals surface area contributed by atoms with Crippen LogP contribution < -0.4 is 10.2 Å². The van der Waals surface area contributed by atoms with Gasteiger partial charge in [0.1, 0.15) is 11.9 Å². The van der Waals surface area contributed by atoms with Crippen molar-refractivity contribution in [1.29, 1.82) is 5.26 Å². The first-order valence-corrected chi connectivity index (χ1v) is 7.26. The first-order valence-electron chi connectivity index (χ1n) is 7.26. The van der Waals surface area contributed by atoms with Gasteiger partial charge < -0.3 is 10.2 Å².